The third kappa shape index (κ3) is 4.91. The van der Waals surface area contributed by atoms with E-state index in [0.29, 0.717) is 6.54 Å². The molecular formula is C18H16BrN3OS. The summed E-state index contributed by atoms with van der Waals surface area (Å²) in [5, 5.41) is 2.91. The highest BCUT2D eigenvalue weighted by Crippen LogP contribution is 2.22. The number of rotatable bonds is 6. The van der Waals surface area contributed by atoms with Gasteiger partial charge in [-0.05, 0) is 45.3 Å². The molecule has 1 aromatic carbocycles. The molecule has 0 saturated carbocycles. The highest BCUT2D eigenvalue weighted by molar-refractivity contribution is 9.11. The number of nitrogens with zero attached hydrogens (tertiary/aromatic N) is 2. The van der Waals surface area contributed by atoms with Crippen molar-refractivity contribution >= 4 is 39.2 Å². The molecule has 0 aliphatic heterocycles. The SMILES string of the molecule is O=C(/C=C/c1ccc(Br)s1)NCc1cccc(Cn2ccnc2)c1. The van der Waals surface area contributed by atoms with Crippen molar-refractivity contribution in [1.82, 2.24) is 14.9 Å². The summed E-state index contributed by atoms with van der Waals surface area (Å²) in [4.78, 5) is 17.0. The summed E-state index contributed by atoms with van der Waals surface area (Å²) in [6, 6.07) is 12.1. The first-order valence-electron chi connectivity index (χ1n) is 7.44. The van der Waals surface area contributed by atoms with E-state index in [2.05, 4.69) is 38.4 Å². The van der Waals surface area contributed by atoms with Crippen LogP contribution in [0.15, 0.2) is 65.0 Å². The smallest absolute Gasteiger partial charge is 0.244 e. The monoisotopic (exact) mass is 401 g/mol. The first kappa shape index (κ1) is 16.7. The molecule has 2 heterocycles. The molecule has 0 fully saturated rings. The zero-order valence-electron chi connectivity index (χ0n) is 12.9. The predicted molar refractivity (Wildman–Crippen MR) is 101 cm³/mol. The van der Waals surface area contributed by atoms with Gasteiger partial charge in [0.1, 0.15) is 0 Å². The zero-order valence-corrected chi connectivity index (χ0v) is 15.3. The summed E-state index contributed by atoms with van der Waals surface area (Å²) in [5.74, 6) is -0.0977. The fraction of sp³-hybridized carbons (Fsp3) is 0.111. The Bertz CT molecular complexity index is 840. The second kappa shape index (κ2) is 8.08. The molecule has 2 aromatic heterocycles. The van der Waals surface area contributed by atoms with Crippen LogP contribution in [0.5, 0.6) is 0 Å². The van der Waals surface area contributed by atoms with E-state index in [-0.39, 0.29) is 5.91 Å². The standard InChI is InChI=1S/C18H16BrN3OS/c19-17-6-4-16(24-17)5-7-18(23)21-11-14-2-1-3-15(10-14)12-22-9-8-20-13-22/h1-10,13H,11-12H2,(H,21,23)/b7-5+. The van der Waals surface area contributed by atoms with Crippen molar-refractivity contribution in [2.45, 2.75) is 13.1 Å². The fourth-order valence-corrected chi connectivity index (χ4v) is 3.58. The third-order valence-electron chi connectivity index (χ3n) is 3.38. The maximum absolute atomic E-state index is 11.9. The quantitative estimate of drug-likeness (QED) is 0.632. The molecule has 6 heteroatoms. The van der Waals surface area contributed by atoms with Crippen LogP contribution >= 0.6 is 27.3 Å². The molecule has 3 rings (SSSR count). The maximum atomic E-state index is 11.9. The fourth-order valence-electron chi connectivity index (χ4n) is 2.25. The van der Waals surface area contributed by atoms with Gasteiger partial charge < -0.3 is 9.88 Å². The Morgan fingerprint density at radius 1 is 1.29 bits per heavy atom. The molecular weight excluding hydrogens is 386 g/mol. The Labute approximate surface area is 153 Å². The Balaban J connectivity index is 1.54. The first-order valence-corrected chi connectivity index (χ1v) is 9.05. The number of amides is 1. The van der Waals surface area contributed by atoms with Crippen LogP contribution in [0.2, 0.25) is 0 Å². The third-order valence-corrected chi connectivity index (χ3v) is 4.96. The van der Waals surface area contributed by atoms with E-state index >= 15 is 0 Å². The van der Waals surface area contributed by atoms with Gasteiger partial charge in [-0.15, -0.1) is 11.3 Å². The van der Waals surface area contributed by atoms with Crippen molar-refractivity contribution in [3.63, 3.8) is 0 Å². The van der Waals surface area contributed by atoms with Gasteiger partial charge in [-0.1, -0.05) is 24.3 Å². The van der Waals surface area contributed by atoms with E-state index in [1.165, 1.54) is 5.56 Å². The molecule has 0 spiro atoms. The number of aromatic nitrogens is 2. The topological polar surface area (TPSA) is 46.9 Å². The Morgan fingerprint density at radius 2 is 2.17 bits per heavy atom. The van der Waals surface area contributed by atoms with Gasteiger partial charge in [0.25, 0.3) is 0 Å². The van der Waals surface area contributed by atoms with Crippen molar-refractivity contribution in [3.05, 3.63) is 81.0 Å². The number of carbonyl (C=O) groups excluding carboxylic acids is 1. The minimum atomic E-state index is -0.0977. The number of thiophene rings is 1. The van der Waals surface area contributed by atoms with E-state index < -0.39 is 0 Å². The number of halogens is 1. The molecule has 0 unspecified atom stereocenters. The lowest BCUT2D eigenvalue weighted by Crippen LogP contribution is -2.20. The van der Waals surface area contributed by atoms with Gasteiger partial charge in [0, 0.05) is 36.4 Å². The molecule has 0 saturated heterocycles. The Hall–Kier alpha value is -2.18. The number of hydrogen-bond donors (Lipinski definition) is 1. The molecule has 0 bridgehead atoms. The first-order chi connectivity index (χ1) is 11.7. The summed E-state index contributed by atoms with van der Waals surface area (Å²) in [7, 11) is 0. The van der Waals surface area contributed by atoms with Gasteiger partial charge in [-0.25, -0.2) is 4.98 Å². The zero-order chi connectivity index (χ0) is 16.8. The largest absolute Gasteiger partial charge is 0.348 e. The number of benzene rings is 1. The van der Waals surface area contributed by atoms with Gasteiger partial charge >= 0.3 is 0 Å². The maximum Gasteiger partial charge on any atom is 0.244 e. The minimum absolute atomic E-state index is 0.0977. The van der Waals surface area contributed by atoms with Crippen molar-refractivity contribution < 1.29 is 4.79 Å². The number of nitrogens with one attached hydrogen (secondary N) is 1. The second-order valence-corrected chi connectivity index (χ2v) is 7.74. The van der Waals surface area contributed by atoms with E-state index in [1.807, 2.05) is 41.1 Å². The Morgan fingerprint density at radius 3 is 2.92 bits per heavy atom. The van der Waals surface area contributed by atoms with Crippen LogP contribution in [0, 0.1) is 0 Å². The van der Waals surface area contributed by atoms with Crippen LogP contribution in [0.3, 0.4) is 0 Å². The van der Waals surface area contributed by atoms with E-state index in [4.69, 9.17) is 0 Å². The average molecular weight is 402 g/mol. The summed E-state index contributed by atoms with van der Waals surface area (Å²) in [5.41, 5.74) is 2.26. The molecule has 0 aliphatic carbocycles. The number of carbonyl (C=O) groups is 1. The van der Waals surface area contributed by atoms with Crippen LogP contribution in [-0.4, -0.2) is 15.5 Å². The molecule has 1 N–H and O–H groups in total. The van der Waals surface area contributed by atoms with Gasteiger partial charge in [0.05, 0.1) is 10.1 Å². The number of hydrogen-bond acceptors (Lipinski definition) is 3. The van der Waals surface area contributed by atoms with Crippen molar-refractivity contribution in [2.24, 2.45) is 0 Å². The highest BCUT2D eigenvalue weighted by Gasteiger charge is 2.00. The molecule has 0 atom stereocenters. The normalized spacial score (nSPS) is 11.0. The van der Waals surface area contributed by atoms with E-state index in [1.54, 1.807) is 29.9 Å². The summed E-state index contributed by atoms with van der Waals surface area (Å²) in [6.07, 6.45) is 8.88. The molecule has 122 valence electrons. The van der Waals surface area contributed by atoms with Crippen LogP contribution in [0.4, 0.5) is 0 Å². The summed E-state index contributed by atoms with van der Waals surface area (Å²) < 4.78 is 3.07. The highest BCUT2D eigenvalue weighted by atomic mass is 79.9. The van der Waals surface area contributed by atoms with Gasteiger partial charge in [0.2, 0.25) is 5.91 Å². The summed E-state index contributed by atoms with van der Waals surface area (Å²) >= 11 is 5.00. The lowest BCUT2D eigenvalue weighted by atomic mass is 10.1. The van der Waals surface area contributed by atoms with Crippen molar-refractivity contribution in [2.75, 3.05) is 0 Å². The number of imidazole rings is 1. The Kier molecular flexibility index (Phi) is 5.61. The minimum Gasteiger partial charge on any atom is -0.348 e. The van der Waals surface area contributed by atoms with E-state index in [0.717, 1.165) is 20.8 Å². The predicted octanol–water partition coefficient (Wildman–Crippen LogP) is 4.09. The van der Waals surface area contributed by atoms with Crippen LogP contribution < -0.4 is 5.32 Å². The molecule has 0 aliphatic rings. The molecule has 24 heavy (non-hydrogen) atoms. The van der Waals surface area contributed by atoms with Crippen molar-refractivity contribution in [1.29, 1.82) is 0 Å². The molecule has 4 nitrogen and oxygen atoms in total. The molecule has 3 aromatic rings. The van der Waals surface area contributed by atoms with Gasteiger partial charge in [-0.2, -0.15) is 0 Å². The van der Waals surface area contributed by atoms with Gasteiger partial charge in [0.15, 0.2) is 0 Å². The van der Waals surface area contributed by atoms with Crippen molar-refractivity contribution in [3.8, 4) is 0 Å². The van der Waals surface area contributed by atoms with Gasteiger partial charge in [-0.3, -0.25) is 4.79 Å². The van der Waals surface area contributed by atoms with Crippen LogP contribution in [0.1, 0.15) is 16.0 Å². The van der Waals surface area contributed by atoms with Crippen LogP contribution in [-0.2, 0) is 17.9 Å². The van der Waals surface area contributed by atoms with E-state index in [9.17, 15) is 4.79 Å². The van der Waals surface area contributed by atoms with Crippen LogP contribution in [0.25, 0.3) is 6.08 Å². The molecule has 1 amide bonds. The molecule has 0 radical (unpaired) electrons. The summed E-state index contributed by atoms with van der Waals surface area (Å²) in [6.45, 7) is 1.28. The average Bonchev–Trinajstić information content (AvgIpc) is 3.23. The lowest BCUT2D eigenvalue weighted by molar-refractivity contribution is -0.116. The second-order valence-electron chi connectivity index (χ2n) is 5.25. The lowest BCUT2D eigenvalue weighted by Gasteiger charge is -2.07.